The molecule has 0 atom stereocenters. The molecular weight excluding hydrogens is 295 g/mol. The summed E-state index contributed by atoms with van der Waals surface area (Å²) in [5, 5.41) is 2.71. The standard InChI is InChI=1S/C14H13FN2OS2/c1-7-5-12(20-8(7)2)14(18)17-9-3-4-11(15)10(6-9)13(16)19/h3-6H,1-2H3,(H2,16,19)(H,17,18). The lowest BCUT2D eigenvalue weighted by atomic mass is 10.2. The Morgan fingerprint density at radius 3 is 2.60 bits per heavy atom. The highest BCUT2D eigenvalue weighted by molar-refractivity contribution is 7.80. The van der Waals surface area contributed by atoms with Crippen LogP contribution in [-0.2, 0) is 0 Å². The highest BCUT2D eigenvalue weighted by Crippen LogP contribution is 2.22. The molecule has 1 amide bonds. The summed E-state index contributed by atoms with van der Waals surface area (Å²) in [6.07, 6.45) is 0. The first-order chi connectivity index (χ1) is 9.38. The van der Waals surface area contributed by atoms with Gasteiger partial charge in [-0.25, -0.2) is 4.39 Å². The van der Waals surface area contributed by atoms with E-state index < -0.39 is 5.82 Å². The number of nitrogens with two attached hydrogens (primary N) is 1. The van der Waals surface area contributed by atoms with Crippen molar-refractivity contribution in [3.8, 4) is 0 Å². The van der Waals surface area contributed by atoms with Crippen LogP contribution in [0.2, 0.25) is 0 Å². The van der Waals surface area contributed by atoms with E-state index >= 15 is 0 Å². The van der Waals surface area contributed by atoms with Crippen LogP contribution in [0.15, 0.2) is 24.3 Å². The van der Waals surface area contributed by atoms with Gasteiger partial charge in [-0.15, -0.1) is 11.3 Å². The fourth-order valence-corrected chi connectivity index (χ4v) is 2.76. The van der Waals surface area contributed by atoms with E-state index in [-0.39, 0.29) is 16.5 Å². The van der Waals surface area contributed by atoms with E-state index in [4.69, 9.17) is 18.0 Å². The smallest absolute Gasteiger partial charge is 0.265 e. The SMILES string of the molecule is Cc1cc(C(=O)Nc2ccc(F)c(C(N)=S)c2)sc1C. The molecule has 2 aromatic rings. The zero-order chi connectivity index (χ0) is 14.9. The van der Waals surface area contributed by atoms with Crippen molar-refractivity contribution in [2.75, 3.05) is 5.32 Å². The summed E-state index contributed by atoms with van der Waals surface area (Å²) in [5.74, 6) is -0.731. The van der Waals surface area contributed by atoms with Crippen LogP contribution in [0.5, 0.6) is 0 Å². The number of benzene rings is 1. The fourth-order valence-electron chi connectivity index (χ4n) is 1.67. The van der Waals surface area contributed by atoms with Gasteiger partial charge in [0.25, 0.3) is 5.91 Å². The third-order valence-corrected chi connectivity index (χ3v) is 4.25. The Balaban J connectivity index is 2.24. The molecule has 0 aliphatic carbocycles. The number of carbonyl (C=O) groups is 1. The second-order valence-corrected chi connectivity index (χ2v) is 6.06. The molecule has 0 fully saturated rings. The Hall–Kier alpha value is -1.79. The quantitative estimate of drug-likeness (QED) is 0.855. The van der Waals surface area contributed by atoms with Crippen molar-refractivity contribution in [1.29, 1.82) is 0 Å². The zero-order valence-electron chi connectivity index (χ0n) is 11.0. The van der Waals surface area contributed by atoms with Crippen LogP contribution in [-0.4, -0.2) is 10.9 Å². The summed E-state index contributed by atoms with van der Waals surface area (Å²) in [4.78, 5) is 13.8. The number of hydrogen-bond donors (Lipinski definition) is 2. The molecule has 0 unspecified atom stereocenters. The zero-order valence-corrected chi connectivity index (χ0v) is 12.6. The molecule has 0 saturated carbocycles. The maximum atomic E-state index is 13.5. The number of carbonyl (C=O) groups excluding carboxylic acids is 1. The lowest BCUT2D eigenvalue weighted by Gasteiger charge is -2.06. The number of halogens is 1. The minimum Gasteiger partial charge on any atom is -0.389 e. The van der Waals surface area contributed by atoms with Crippen LogP contribution in [0.1, 0.15) is 25.7 Å². The Morgan fingerprint density at radius 2 is 2.05 bits per heavy atom. The molecular formula is C14H13FN2OS2. The van der Waals surface area contributed by atoms with Crippen molar-refractivity contribution < 1.29 is 9.18 Å². The van der Waals surface area contributed by atoms with Gasteiger partial charge in [-0.1, -0.05) is 12.2 Å². The molecule has 0 radical (unpaired) electrons. The van der Waals surface area contributed by atoms with Gasteiger partial charge in [0.2, 0.25) is 0 Å². The number of thiocarbonyl (C=S) groups is 1. The number of amides is 1. The van der Waals surface area contributed by atoms with Gasteiger partial charge in [0, 0.05) is 16.1 Å². The molecule has 0 aliphatic heterocycles. The number of anilines is 1. The summed E-state index contributed by atoms with van der Waals surface area (Å²) >= 11 is 6.18. The average molecular weight is 308 g/mol. The number of hydrogen-bond acceptors (Lipinski definition) is 3. The maximum Gasteiger partial charge on any atom is 0.265 e. The number of thiophene rings is 1. The molecule has 0 spiro atoms. The summed E-state index contributed by atoms with van der Waals surface area (Å²) in [5.41, 5.74) is 7.08. The van der Waals surface area contributed by atoms with Crippen LogP contribution < -0.4 is 11.1 Å². The highest BCUT2D eigenvalue weighted by Gasteiger charge is 2.12. The summed E-state index contributed by atoms with van der Waals surface area (Å²) in [6, 6.07) is 5.97. The number of nitrogens with one attached hydrogen (secondary N) is 1. The second kappa shape index (κ2) is 5.68. The van der Waals surface area contributed by atoms with Gasteiger partial charge in [0.05, 0.1) is 4.88 Å². The number of aryl methyl sites for hydroxylation is 2. The molecule has 6 heteroatoms. The van der Waals surface area contributed by atoms with E-state index in [2.05, 4.69) is 5.32 Å². The Bertz CT molecular complexity index is 675. The van der Waals surface area contributed by atoms with Gasteiger partial charge < -0.3 is 11.1 Å². The maximum absolute atomic E-state index is 13.5. The third kappa shape index (κ3) is 3.02. The van der Waals surface area contributed by atoms with Gasteiger partial charge in [0.15, 0.2) is 0 Å². The Labute approximate surface area is 125 Å². The van der Waals surface area contributed by atoms with E-state index in [1.165, 1.54) is 29.5 Å². The van der Waals surface area contributed by atoms with E-state index in [0.717, 1.165) is 10.4 Å². The average Bonchev–Trinajstić information content (AvgIpc) is 2.72. The van der Waals surface area contributed by atoms with E-state index in [9.17, 15) is 9.18 Å². The lowest BCUT2D eigenvalue weighted by molar-refractivity contribution is 0.103. The molecule has 0 aliphatic rings. The van der Waals surface area contributed by atoms with Crippen molar-refractivity contribution in [2.24, 2.45) is 5.73 Å². The van der Waals surface area contributed by atoms with Gasteiger partial charge >= 0.3 is 0 Å². The molecule has 104 valence electrons. The summed E-state index contributed by atoms with van der Waals surface area (Å²) < 4.78 is 13.5. The minimum absolute atomic E-state index is 0.0404. The first-order valence-corrected chi connectivity index (χ1v) is 7.08. The van der Waals surface area contributed by atoms with E-state index in [1.54, 1.807) is 0 Å². The van der Waals surface area contributed by atoms with Crippen LogP contribution in [0, 0.1) is 19.7 Å². The first-order valence-electron chi connectivity index (χ1n) is 5.86. The third-order valence-electron chi connectivity index (χ3n) is 2.88. The molecule has 3 nitrogen and oxygen atoms in total. The fraction of sp³-hybridized carbons (Fsp3) is 0.143. The van der Waals surface area contributed by atoms with Gasteiger partial charge in [-0.3, -0.25) is 4.79 Å². The molecule has 20 heavy (non-hydrogen) atoms. The molecule has 0 bridgehead atoms. The van der Waals surface area contributed by atoms with Crippen LogP contribution in [0.4, 0.5) is 10.1 Å². The molecule has 1 aromatic heterocycles. The molecule has 0 saturated heterocycles. The van der Waals surface area contributed by atoms with Gasteiger partial charge in [-0.05, 0) is 43.7 Å². The van der Waals surface area contributed by atoms with Crippen LogP contribution in [0.3, 0.4) is 0 Å². The topological polar surface area (TPSA) is 55.1 Å². The Morgan fingerprint density at radius 1 is 1.35 bits per heavy atom. The summed E-state index contributed by atoms with van der Waals surface area (Å²) in [7, 11) is 0. The van der Waals surface area contributed by atoms with Gasteiger partial charge in [-0.2, -0.15) is 0 Å². The predicted molar refractivity (Wildman–Crippen MR) is 84.0 cm³/mol. The summed E-state index contributed by atoms with van der Waals surface area (Å²) in [6.45, 7) is 3.91. The van der Waals surface area contributed by atoms with Crippen LogP contribution in [0.25, 0.3) is 0 Å². The largest absolute Gasteiger partial charge is 0.389 e. The first kappa shape index (κ1) is 14.6. The minimum atomic E-state index is -0.502. The van der Waals surface area contributed by atoms with E-state index in [0.29, 0.717) is 10.6 Å². The highest BCUT2D eigenvalue weighted by atomic mass is 32.1. The molecule has 1 heterocycles. The van der Waals surface area contributed by atoms with Crippen LogP contribution >= 0.6 is 23.6 Å². The van der Waals surface area contributed by atoms with Crippen molar-refractivity contribution in [3.63, 3.8) is 0 Å². The Kier molecular flexibility index (Phi) is 4.15. The van der Waals surface area contributed by atoms with Crippen molar-refractivity contribution in [2.45, 2.75) is 13.8 Å². The monoisotopic (exact) mass is 308 g/mol. The normalized spacial score (nSPS) is 10.3. The van der Waals surface area contributed by atoms with Crippen molar-refractivity contribution >= 4 is 40.1 Å². The second-order valence-electron chi connectivity index (χ2n) is 4.36. The molecule has 3 N–H and O–H groups in total. The van der Waals surface area contributed by atoms with Gasteiger partial charge in [0.1, 0.15) is 10.8 Å². The lowest BCUT2D eigenvalue weighted by Crippen LogP contribution is -2.14. The predicted octanol–water partition coefficient (Wildman–Crippen LogP) is 3.39. The van der Waals surface area contributed by atoms with Crippen molar-refractivity contribution in [3.05, 3.63) is 51.0 Å². The van der Waals surface area contributed by atoms with E-state index in [1.807, 2.05) is 19.9 Å². The number of rotatable bonds is 3. The van der Waals surface area contributed by atoms with Crippen molar-refractivity contribution in [1.82, 2.24) is 0 Å². The molecule has 2 rings (SSSR count). The molecule has 1 aromatic carbocycles.